The van der Waals surface area contributed by atoms with Crippen molar-refractivity contribution < 1.29 is 48.9 Å². The van der Waals surface area contributed by atoms with Gasteiger partial charge < -0.3 is 48.9 Å². The van der Waals surface area contributed by atoms with Crippen LogP contribution in [0.1, 0.15) is 0 Å². The summed E-state index contributed by atoms with van der Waals surface area (Å²) in [4.78, 5) is 25.0. The van der Waals surface area contributed by atoms with Gasteiger partial charge in [-0.1, -0.05) is 0 Å². The number of hydrogen-bond acceptors (Lipinski definition) is 12. The van der Waals surface area contributed by atoms with Crippen molar-refractivity contribution in [3.05, 3.63) is 33.0 Å². The lowest BCUT2D eigenvalue weighted by Crippen LogP contribution is -2.54. The first-order valence-electron chi connectivity index (χ1n) is 8.95. The summed E-state index contributed by atoms with van der Waals surface area (Å²) in [6, 6.07) is 1.97. The summed E-state index contributed by atoms with van der Waals surface area (Å²) in [5.41, 5.74) is -2.97. The second-order valence-electron chi connectivity index (χ2n) is 7.12. The van der Waals surface area contributed by atoms with Crippen LogP contribution in [-0.4, -0.2) is 61.8 Å². The van der Waals surface area contributed by atoms with Gasteiger partial charge in [0.25, 0.3) is 0 Å². The summed E-state index contributed by atoms with van der Waals surface area (Å²) < 4.78 is 20.7. The van der Waals surface area contributed by atoms with E-state index >= 15 is 0 Å². The Balaban J connectivity index is 1.78. The standard InChI is InChI=1S/C19H14O12/c20-6-1-4-9-10-5(18(27)30-15(9)12(6)23)2-8(13(24)16(10)31-17(4)26)29-19-14(25)11(22)7(21)3-28-19/h1-2,7,11,14,19-25H,3H2/t7-,11-,14+,19-/m0/s1. The molecule has 1 aliphatic heterocycles. The number of aliphatic hydroxyl groups excluding tert-OH is 3. The molecule has 0 aliphatic carbocycles. The predicted molar refractivity (Wildman–Crippen MR) is 101 cm³/mol. The molecule has 0 radical (unpaired) electrons. The topological polar surface area (TPSA) is 200 Å². The maximum atomic E-state index is 12.5. The van der Waals surface area contributed by atoms with Crippen molar-refractivity contribution in [2.75, 3.05) is 6.61 Å². The van der Waals surface area contributed by atoms with Crippen molar-refractivity contribution in [2.45, 2.75) is 24.6 Å². The summed E-state index contributed by atoms with van der Waals surface area (Å²) in [6.45, 7) is -0.377. The van der Waals surface area contributed by atoms with Crippen LogP contribution < -0.4 is 16.0 Å². The molecule has 12 nitrogen and oxygen atoms in total. The van der Waals surface area contributed by atoms with E-state index in [-0.39, 0.29) is 28.2 Å². The van der Waals surface area contributed by atoms with Gasteiger partial charge in [0.15, 0.2) is 22.7 Å². The monoisotopic (exact) mass is 434 g/mol. The third-order valence-corrected chi connectivity index (χ3v) is 5.23. The third kappa shape index (κ3) is 2.63. The molecule has 12 heteroatoms. The van der Waals surface area contributed by atoms with Gasteiger partial charge in [0.1, 0.15) is 18.3 Å². The molecule has 0 spiro atoms. The number of phenolic OH excluding ortho intramolecular Hbond substituents is 3. The van der Waals surface area contributed by atoms with Crippen LogP contribution in [0.3, 0.4) is 0 Å². The lowest BCUT2D eigenvalue weighted by Gasteiger charge is -2.35. The van der Waals surface area contributed by atoms with Crippen LogP contribution in [0.15, 0.2) is 30.6 Å². The van der Waals surface area contributed by atoms with E-state index in [0.29, 0.717) is 0 Å². The average Bonchev–Trinajstić information content (AvgIpc) is 2.73. The number of phenols is 3. The highest BCUT2D eigenvalue weighted by atomic mass is 16.7. The number of aromatic hydroxyl groups is 3. The van der Waals surface area contributed by atoms with E-state index in [1.165, 1.54) is 0 Å². The molecule has 0 bridgehead atoms. The molecule has 31 heavy (non-hydrogen) atoms. The molecule has 2 aromatic heterocycles. The van der Waals surface area contributed by atoms with Crippen LogP contribution >= 0.6 is 0 Å². The van der Waals surface area contributed by atoms with Crippen molar-refractivity contribution in [1.29, 1.82) is 0 Å². The SMILES string of the molecule is O=c1oc2c(O)c(O[C@@H]3OC[C@H](O)[C@H](O)[C@H]3O)cc3c(=O)oc4c(O)c(O)cc1c4c23. The Kier molecular flexibility index (Phi) is 4.04. The number of benzene rings is 2. The third-order valence-electron chi connectivity index (χ3n) is 5.23. The molecule has 0 unspecified atom stereocenters. The molecule has 162 valence electrons. The fourth-order valence-corrected chi connectivity index (χ4v) is 3.67. The second-order valence-corrected chi connectivity index (χ2v) is 7.12. The number of ether oxygens (including phenoxy) is 2. The van der Waals surface area contributed by atoms with Crippen LogP contribution in [0.4, 0.5) is 0 Å². The Bertz CT molecular complexity index is 1450. The molecule has 5 rings (SSSR count). The molecule has 0 amide bonds. The molecule has 2 aromatic carbocycles. The Labute approximate surface area is 169 Å². The summed E-state index contributed by atoms with van der Waals surface area (Å²) in [7, 11) is 0. The van der Waals surface area contributed by atoms with Crippen LogP contribution in [0, 0.1) is 0 Å². The molecule has 4 atom stereocenters. The smallest absolute Gasteiger partial charge is 0.344 e. The van der Waals surface area contributed by atoms with Crippen molar-refractivity contribution in [2.24, 2.45) is 0 Å². The largest absolute Gasteiger partial charge is 0.504 e. The minimum atomic E-state index is -1.70. The van der Waals surface area contributed by atoms with E-state index in [4.69, 9.17) is 18.3 Å². The van der Waals surface area contributed by atoms with Gasteiger partial charge >= 0.3 is 11.3 Å². The molecular formula is C19H14O12. The zero-order valence-electron chi connectivity index (χ0n) is 15.3. The summed E-state index contributed by atoms with van der Waals surface area (Å²) in [5, 5.41) is 59.4. The minimum absolute atomic E-state index is 0.0644. The zero-order valence-corrected chi connectivity index (χ0v) is 15.3. The average molecular weight is 434 g/mol. The van der Waals surface area contributed by atoms with Crippen LogP contribution in [0.25, 0.3) is 32.7 Å². The van der Waals surface area contributed by atoms with Gasteiger partial charge in [-0.2, -0.15) is 0 Å². The van der Waals surface area contributed by atoms with Gasteiger partial charge in [0, 0.05) is 10.8 Å². The second kappa shape index (κ2) is 6.46. The van der Waals surface area contributed by atoms with E-state index < -0.39 is 70.0 Å². The van der Waals surface area contributed by atoms with Gasteiger partial charge in [0.2, 0.25) is 17.8 Å². The normalized spacial score (nSPS) is 24.4. The highest BCUT2D eigenvalue weighted by Crippen LogP contribution is 2.45. The Hall–Kier alpha value is -3.58. The van der Waals surface area contributed by atoms with Crippen molar-refractivity contribution >= 4 is 32.7 Å². The first kappa shape index (κ1) is 19.4. The minimum Gasteiger partial charge on any atom is -0.504 e. The number of aliphatic hydroxyl groups is 3. The first-order valence-corrected chi connectivity index (χ1v) is 8.95. The van der Waals surface area contributed by atoms with E-state index in [1.807, 2.05) is 0 Å². The molecule has 1 aliphatic rings. The van der Waals surface area contributed by atoms with Crippen LogP contribution in [-0.2, 0) is 4.74 Å². The molecule has 1 fully saturated rings. The number of rotatable bonds is 2. The Morgan fingerprint density at radius 1 is 0.839 bits per heavy atom. The van der Waals surface area contributed by atoms with Gasteiger partial charge in [-0.05, 0) is 12.1 Å². The zero-order chi connectivity index (χ0) is 22.2. The van der Waals surface area contributed by atoms with Crippen molar-refractivity contribution in [3.8, 4) is 23.0 Å². The summed E-state index contributed by atoms with van der Waals surface area (Å²) >= 11 is 0. The fraction of sp³-hybridized carbons (Fsp3) is 0.263. The molecular weight excluding hydrogens is 420 g/mol. The van der Waals surface area contributed by atoms with Crippen LogP contribution in [0.5, 0.6) is 23.0 Å². The van der Waals surface area contributed by atoms with Gasteiger partial charge in [0.05, 0.1) is 17.4 Å². The Morgan fingerprint density at radius 3 is 2.06 bits per heavy atom. The van der Waals surface area contributed by atoms with E-state index in [9.17, 15) is 40.2 Å². The van der Waals surface area contributed by atoms with E-state index in [2.05, 4.69) is 0 Å². The molecule has 0 saturated carbocycles. The maximum Gasteiger partial charge on any atom is 0.344 e. The molecule has 4 aromatic rings. The fourth-order valence-electron chi connectivity index (χ4n) is 3.67. The maximum absolute atomic E-state index is 12.5. The first-order chi connectivity index (χ1) is 14.7. The molecule has 1 saturated heterocycles. The molecule has 6 N–H and O–H groups in total. The van der Waals surface area contributed by atoms with Crippen molar-refractivity contribution in [1.82, 2.24) is 0 Å². The lowest BCUT2D eigenvalue weighted by atomic mass is 10.0. The predicted octanol–water partition coefficient (Wildman–Crippen LogP) is -0.575. The number of hydrogen-bond donors (Lipinski definition) is 6. The van der Waals surface area contributed by atoms with Gasteiger partial charge in [-0.25, -0.2) is 9.59 Å². The highest BCUT2D eigenvalue weighted by Gasteiger charge is 2.39. The quantitative estimate of drug-likeness (QED) is 0.133. The molecule has 3 heterocycles. The summed E-state index contributed by atoms with van der Waals surface area (Å²) in [6.07, 6.45) is -6.18. The highest BCUT2D eigenvalue weighted by molar-refractivity contribution is 6.22. The van der Waals surface area contributed by atoms with E-state index in [1.54, 1.807) is 0 Å². The lowest BCUT2D eigenvalue weighted by molar-refractivity contribution is -0.242. The van der Waals surface area contributed by atoms with Crippen LogP contribution in [0.2, 0.25) is 0 Å². The van der Waals surface area contributed by atoms with Crippen molar-refractivity contribution in [3.63, 3.8) is 0 Å². The Morgan fingerprint density at radius 2 is 1.42 bits per heavy atom. The van der Waals surface area contributed by atoms with Gasteiger partial charge in [-0.15, -0.1) is 0 Å². The van der Waals surface area contributed by atoms with E-state index in [0.717, 1.165) is 12.1 Å². The van der Waals surface area contributed by atoms with Gasteiger partial charge in [-0.3, -0.25) is 0 Å². The summed E-state index contributed by atoms with van der Waals surface area (Å²) in [5.74, 6) is -2.66.